The first-order valence-corrected chi connectivity index (χ1v) is 10.8. The zero-order chi connectivity index (χ0) is 23.0. The van der Waals surface area contributed by atoms with Crippen molar-refractivity contribution in [3.63, 3.8) is 0 Å². The summed E-state index contributed by atoms with van der Waals surface area (Å²) < 4.78 is 10.8. The molecule has 0 heterocycles. The van der Waals surface area contributed by atoms with E-state index in [1.165, 1.54) is 4.90 Å². The van der Waals surface area contributed by atoms with E-state index < -0.39 is 6.04 Å². The molecule has 0 bridgehead atoms. The molecule has 0 fully saturated rings. The highest BCUT2D eigenvalue weighted by Crippen LogP contribution is 2.27. The Hall–Kier alpha value is -2.44. The van der Waals surface area contributed by atoms with Gasteiger partial charge in [-0.25, -0.2) is 0 Å². The molecule has 2 aromatic carbocycles. The molecule has 0 unspecified atom stereocenters. The van der Waals surface area contributed by atoms with Crippen LogP contribution in [0.15, 0.2) is 42.5 Å². The molecule has 2 amide bonds. The molecule has 0 aliphatic heterocycles. The molecule has 0 aliphatic carbocycles. The van der Waals surface area contributed by atoms with Gasteiger partial charge in [0, 0.05) is 28.2 Å². The predicted octanol–water partition coefficient (Wildman–Crippen LogP) is 4.71. The number of nitrogens with zero attached hydrogens (tertiary/aromatic N) is 1. The number of methoxy groups -OCH3 is 1. The minimum Gasteiger partial charge on any atom is -0.497 e. The third-order valence-corrected chi connectivity index (χ3v) is 5.69. The third-order valence-electron chi connectivity index (χ3n) is 4.98. The van der Waals surface area contributed by atoms with Gasteiger partial charge in [0.15, 0.2) is 6.61 Å². The molecule has 1 N–H and O–H groups in total. The van der Waals surface area contributed by atoms with Gasteiger partial charge in [0.2, 0.25) is 5.91 Å². The second-order valence-corrected chi connectivity index (χ2v) is 7.99. The lowest BCUT2D eigenvalue weighted by atomic mass is 10.1. The van der Waals surface area contributed by atoms with Crippen molar-refractivity contribution in [1.82, 2.24) is 10.2 Å². The van der Waals surface area contributed by atoms with Crippen LogP contribution in [0.25, 0.3) is 0 Å². The Morgan fingerprint density at radius 1 is 1.03 bits per heavy atom. The maximum atomic E-state index is 13.1. The molecule has 0 saturated carbocycles. The van der Waals surface area contributed by atoms with Crippen LogP contribution in [0.2, 0.25) is 10.0 Å². The van der Waals surface area contributed by atoms with Crippen molar-refractivity contribution in [2.24, 2.45) is 0 Å². The van der Waals surface area contributed by atoms with Gasteiger partial charge in [0.25, 0.3) is 5.91 Å². The molecule has 6 nitrogen and oxygen atoms in total. The van der Waals surface area contributed by atoms with Crippen molar-refractivity contribution in [2.75, 3.05) is 13.7 Å². The topological polar surface area (TPSA) is 67.9 Å². The van der Waals surface area contributed by atoms with E-state index in [2.05, 4.69) is 5.32 Å². The van der Waals surface area contributed by atoms with Crippen LogP contribution in [0.4, 0.5) is 0 Å². The molecular weight excluding hydrogens is 439 g/mol. The molecule has 0 aliphatic rings. The highest BCUT2D eigenvalue weighted by molar-refractivity contribution is 6.36. The van der Waals surface area contributed by atoms with Crippen LogP contribution >= 0.6 is 23.2 Å². The Morgan fingerprint density at radius 3 is 2.16 bits per heavy atom. The molecule has 2 rings (SSSR count). The summed E-state index contributed by atoms with van der Waals surface area (Å²) in [7, 11) is 1.57. The molecule has 0 aromatic heterocycles. The summed E-state index contributed by atoms with van der Waals surface area (Å²) in [6, 6.07) is 11.3. The summed E-state index contributed by atoms with van der Waals surface area (Å²) in [6.45, 7) is 5.40. The molecule has 8 heteroatoms. The second-order valence-electron chi connectivity index (χ2n) is 7.18. The lowest BCUT2D eigenvalue weighted by molar-refractivity contribution is -0.142. The number of carbonyl (C=O) groups excluding carboxylic acids is 2. The van der Waals surface area contributed by atoms with Crippen molar-refractivity contribution in [1.29, 1.82) is 0 Å². The third kappa shape index (κ3) is 7.04. The van der Waals surface area contributed by atoms with Gasteiger partial charge in [-0.1, -0.05) is 36.2 Å². The molecule has 2 aromatic rings. The van der Waals surface area contributed by atoms with Gasteiger partial charge in [-0.2, -0.15) is 0 Å². The van der Waals surface area contributed by atoms with Gasteiger partial charge >= 0.3 is 0 Å². The molecule has 0 radical (unpaired) electrons. The maximum absolute atomic E-state index is 13.1. The highest BCUT2D eigenvalue weighted by atomic mass is 35.5. The van der Waals surface area contributed by atoms with E-state index in [0.29, 0.717) is 27.1 Å². The molecular formula is C23H28Cl2N2O4. The Morgan fingerprint density at radius 2 is 1.61 bits per heavy atom. The van der Waals surface area contributed by atoms with Gasteiger partial charge in [0.05, 0.1) is 7.11 Å². The van der Waals surface area contributed by atoms with Gasteiger partial charge in [-0.15, -0.1) is 0 Å². The molecule has 2 atom stereocenters. The van der Waals surface area contributed by atoms with Crippen molar-refractivity contribution in [3.05, 3.63) is 58.1 Å². The standard InChI is InChI=1S/C23H28Cl2N2O4/c1-5-15(2)26-23(29)16(3)27(13-19-20(24)7-6-8-21(19)25)22(28)14-31-18-11-9-17(30-4)10-12-18/h6-12,15-16H,5,13-14H2,1-4H3,(H,26,29)/t15-,16-/m1/s1. The Labute approximate surface area is 193 Å². The number of rotatable bonds is 10. The summed E-state index contributed by atoms with van der Waals surface area (Å²) in [5.74, 6) is 0.583. The fraction of sp³-hybridized carbons (Fsp3) is 0.391. The number of benzene rings is 2. The molecule has 168 valence electrons. The fourth-order valence-corrected chi connectivity index (χ4v) is 3.32. The van der Waals surface area contributed by atoms with Crippen molar-refractivity contribution >= 4 is 35.0 Å². The van der Waals surface area contributed by atoms with Crippen LogP contribution in [0.5, 0.6) is 11.5 Å². The Bertz CT molecular complexity index is 869. The number of ether oxygens (including phenoxy) is 2. The summed E-state index contributed by atoms with van der Waals surface area (Å²) >= 11 is 12.6. The fourth-order valence-electron chi connectivity index (χ4n) is 2.80. The molecule has 0 spiro atoms. The quantitative estimate of drug-likeness (QED) is 0.550. The Kier molecular flexibility index (Phi) is 9.46. The van der Waals surface area contributed by atoms with Gasteiger partial charge in [-0.3, -0.25) is 9.59 Å². The largest absolute Gasteiger partial charge is 0.497 e. The maximum Gasteiger partial charge on any atom is 0.261 e. The van der Waals surface area contributed by atoms with E-state index in [4.69, 9.17) is 32.7 Å². The highest BCUT2D eigenvalue weighted by Gasteiger charge is 2.28. The first-order valence-electron chi connectivity index (χ1n) is 10.1. The van der Waals surface area contributed by atoms with E-state index in [9.17, 15) is 9.59 Å². The smallest absolute Gasteiger partial charge is 0.261 e. The Balaban J connectivity index is 2.20. The normalized spacial score (nSPS) is 12.6. The molecule has 31 heavy (non-hydrogen) atoms. The van der Waals surface area contributed by atoms with E-state index in [0.717, 1.165) is 6.42 Å². The van der Waals surface area contributed by atoms with Gasteiger partial charge in [0.1, 0.15) is 17.5 Å². The van der Waals surface area contributed by atoms with E-state index in [1.54, 1.807) is 56.5 Å². The number of hydrogen-bond donors (Lipinski definition) is 1. The minimum atomic E-state index is -0.742. The van der Waals surface area contributed by atoms with Crippen molar-refractivity contribution < 1.29 is 19.1 Å². The number of nitrogens with one attached hydrogen (secondary N) is 1. The van der Waals surface area contributed by atoms with E-state index in [-0.39, 0.29) is 31.0 Å². The van der Waals surface area contributed by atoms with Crippen LogP contribution < -0.4 is 14.8 Å². The van der Waals surface area contributed by atoms with Crippen molar-refractivity contribution in [3.8, 4) is 11.5 Å². The second kappa shape index (κ2) is 11.8. The number of hydrogen-bond acceptors (Lipinski definition) is 4. The lowest BCUT2D eigenvalue weighted by Crippen LogP contribution is -2.50. The monoisotopic (exact) mass is 466 g/mol. The predicted molar refractivity (Wildman–Crippen MR) is 123 cm³/mol. The van der Waals surface area contributed by atoms with E-state index >= 15 is 0 Å². The first kappa shape index (κ1) is 24.8. The first-order chi connectivity index (χ1) is 14.8. The number of amides is 2. The SMILES string of the molecule is CC[C@@H](C)NC(=O)[C@@H](C)N(Cc1c(Cl)cccc1Cl)C(=O)COc1ccc(OC)cc1. The molecule has 0 saturated heterocycles. The van der Waals surface area contributed by atoms with Crippen LogP contribution in [-0.4, -0.2) is 42.5 Å². The average molecular weight is 467 g/mol. The minimum absolute atomic E-state index is 0.00801. The van der Waals surface area contributed by atoms with Crippen LogP contribution in [0.1, 0.15) is 32.8 Å². The number of carbonyl (C=O) groups is 2. The van der Waals surface area contributed by atoms with Crippen LogP contribution in [0.3, 0.4) is 0 Å². The van der Waals surface area contributed by atoms with E-state index in [1.807, 2.05) is 13.8 Å². The zero-order valence-corrected chi connectivity index (χ0v) is 19.7. The van der Waals surface area contributed by atoms with Crippen molar-refractivity contribution in [2.45, 2.75) is 45.8 Å². The summed E-state index contributed by atoms with van der Waals surface area (Å²) in [5, 5.41) is 3.77. The van der Waals surface area contributed by atoms with Crippen LogP contribution in [-0.2, 0) is 16.1 Å². The average Bonchev–Trinajstić information content (AvgIpc) is 2.77. The summed E-state index contributed by atoms with van der Waals surface area (Å²) in [6.07, 6.45) is 0.781. The lowest BCUT2D eigenvalue weighted by Gasteiger charge is -2.30. The summed E-state index contributed by atoms with van der Waals surface area (Å²) in [4.78, 5) is 27.2. The zero-order valence-electron chi connectivity index (χ0n) is 18.2. The van der Waals surface area contributed by atoms with Crippen LogP contribution in [0, 0.1) is 0 Å². The summed E-state index contributed by atoms with van der Waals surface area (Å²) in [5.41, 5.74) is 0.576. The van der Waals surface area contributed by atoms with Gasteiger partial charge < -0.3 is 19.7 Å². The number of halogens is 2. The van der Waals surface area contributed by atoms with Gasteiger partial charge in [-0.05, 0) is 56.7 Å².